The molecule has 35 heavy (non-hydrogen) atoms. The van der Waals surface area contributed by atoms with Crippen molar-refractivity contribution in [3.63, 3.8) is 0 Å². The van der Waals surface area contributed by atoms with Crippen molar-refractivity contribution < 1.29 is 28.5 Å². The first kappa shape index (κ1) is 23.8. The topological polar surface area (TPSA) is 95.5 Å². The molecule has 3 aromatic carbocycles. The summed E-state index contributed by atoms with van der Waals surface area (Å²) in [4.78, 5) is 11.7. The smallest absolute Gasteiger partial charge is 0.339 e. The minimum absolute atomic E-state index is 0.0259. The van der Waals surface area contributed by atoms with Crippen molar-refractivity contribution in [2.45, 2.75) is 25.7 Å². The molecule has 0 saturated carbocycles. The molecule has 0 fully saturated rings. The predicted octanol–water partition coefficient (Wildman–Crippen LogP) is 6.18. The first-order chi connectivity index (χ1) is 16.6. The Morgan fingerprint density at radius 3 is 2.54 bits per heavy atom. The van der Waals surface area contributed by atoms with Gasteiger partial charge in [-0.25, -0.2) is 13.6 Å². The average molecular weight is 476 g/mol. The lowest BCUT2D eigenvalue weighted by Crippen LogP contribution is -2.22. The highest BCUT2D eigenvalue weighted by molar-refractivity contribution is 6.03. The lowest BCUT2D eigenvalue weighted by Gasteiger charge is -2.27. The molecule has 4 rings (SSSR count). The van der Waals surface area contributed by atoms with Crippen LogP contribution in [0.2, 0.25) is 0 Å². The van der Waals surface area contributed by atoms with Crippen molar-refractivity contribution in [3.8, 4) is 34.4 Å². The molecular weight excluding hydrogens is 454 g/mol. The summed E-state index contributed by atoms with van der Waals surface area (Å²) < 4.78 is 35.6. The van der Waals surface area contributed by atoms with Gasteiger partial charge < -0.3 is 19.5 Å². The van der Waals surface area contributed by atoms with E-state index in [4.69, 9.17) is 4.74 Å². The number of aromatic hydroxyl groups is 1. The molecule has 178 valence electrons. The second kappa shape index (κ2) is 8.76. The highest BCUT2D eigenvalue weighted by Gasteiger charge is 2.33. The number of hydrogen-bond donors (Lipinski definition) is 2. The Balaban J connectivity index is 2.24. The molecule has 0 amide bonds. The largest absolute Gasteiger partial charge is 0.506 e. The van der Waals surface area contributed by atoms with E-state index in [9.17, 15) is 29.1 Å². The third kappa shape index (κ3) is 3.95. The summed E-state index contributed by atoms with van der Waals surface area (Å²) in [5.74, 6) is -2.88. The van der Waals surface area contributed by atoms with E-state index in [2.05, 4.69) is 6.07 Å². The number of para-hydroxylation sites is 1. The van der Waals surface area contributed by atoms with Gasteiger partial charge in [-0.2, -0.15) is 5.26 Å². The average Bonchev–Trinajstić information content (AvgIpc) is 3.14. The van der Waals surface area contributed by atoms with Crippen LogP contribution >= 0.6 is 0 Å². The molecule has 1 heterocycles. The van der Waals surface area contributed by atoms with Crippen LogP contribution in [0.1, 0.15) is 36.3 Å². The van der Waals surface area contributed by atoms with E-state index in [0.29, 0.717) is 27.8 Å². The molecule has 6 nitrogen and oxygen atoms in total. The monoisotopic (exact) mass is 476 g/mol. The van der Waals surface area contributed by atoms with Crippen LogP contribution in [0.5, 0.6) is 11.5 Å². The maximum absolute atomic E-state index is 14.5. The Labute approximate surface area is 200 Å². The molecule has 8 heteroatoms. The fourth-order valence-corrected chi connectivity index (χ4v) is 4.43. The molecule has 2 N–H and O–H groups in total. The Bertz CT molecular complexity index is 1520. The van der Waals surface area contributed by atoms with E-state index in [1.807, 2.05) is 13.8 Å². The summed E-state index contributed by atoms with van der Waals surface area (Å²) >= 11 is 0. The summed E-state index contributed by atoms with van der Waals surface area (Å²) in [6, 6.07) is 14.8. The molecule has 0 aliphatic carbocycles. The zero-order valence-electron chi connectivity index (χ0n) is 19.3. The third-order valence-electron chi connectivity index (χ3n) is 6.02. The fraction of sp³-hybridized carbons (Fsp3) is 0.185. The Kier molecular flexibility index (Phi) is 5.95. The van der Waals surface area contributed by atoms with E-state index in [0.717, 1.165) is 0 Å². The van der Waals surface area contributed by atoms with Crippen LogP contribution < -0.4 is 4.74 Å². The molecule has 4 aromatic rings. The standard InChI is InChI=1S/C27H22F2N2O4/c1-27(2,11-12-30)25-23(18-5-4-6-19(24(18)32)26(33)34)17-9-7-15(28)13-21(17)31(25)16-8-10-20(29)22(14-16)35-3/h4-10,13-14,32H,11H2,1-3H3,(H,33,34). The minimum atomic E-state index is -1.31. The molecular formula is C27H22F2N2O4. The van der Waals surface area contributed by atoms with E-state index < -0.39 is 28.8 Å². The van der Waals surface area contributed by atoms with Crippen LogP contribution in [0, 0.1) is 23.0 Å². The zero-order chi connectivity index (χ0) is 25.5. The number of hydrogen-bond acceptors (Lipinski definition) is 4. The van der Waals surface area contributed by atoms with Gasteiger partial charge in [-0.15, -0.1) is 0 Å². The van der Waals surface area contributed by atoms with Crippen molar-refractivity contribution >= 4 is 16.9 Å². The first-order valence-corrected chi connectivity index (χ1v) is 10.7. The van der Waals surface area contributed by atoms with Gasteiger partial charge in [0.1, 0.15) is 17.1 Å². The summed E-state index contributed by atoms with van der Waals surface area (Å²) in [5, 5.41) is 30.6. The van der Waals surface area contributed by atoms with Crippen molar-refractivity contribution in [1.29, 1.82) is 5.26 Å². The summed E-state index contributed by atoms with van der Waals surface area (Å²) in [5.41, 5.74) is 0.880. The zero-order valence-corrected chi connectivity index (χ0v) is 19.3. The van der Waals surface area contributed by atoms with Gasteiger partial charge >= 0.3 is 5.97 Å². The summed E-state index contributed by atoms with van der Waals surface area (Å²) in [7, 11) is 1.33. The first-order valence-electron chi connectivity index (χ1n) is 10.7. The maximum atomic E-state index is 14.5. The van der Waals surface area contributed by atoms with Gasteiger partial charge in [0, 0.05) is 45.8 Å². The van der Waals surface area contributed by atoms with Gasteiger partial charge in [0.05, 0.1) is 18.7 Å². The summed E-state index contributed by atoms with van der Waals surface area (Å²) in [6.07, 6.45) is 0.0521. The van der Waals surface area contributed by atoms with Crippen LogP contribution in [0.3, 0.4) is 0 Å². The molecule has 0 radical (unpaired) electrons. The number of nitriles is 1. The van der Waals surface area contributed by atoms with Crippen LogP contribution in [0.15, 0.2) is 54.6 Å². The second-order valence-electron chi connectivity index (χ2n) is 8.77. The third-order valence-corrected chi connectivity index (χ3v) is 6.02. The van der Waals surface area contributed by atoms with E-state index in [1.165, 1.54) is 55.6 Å². The van der Waals surface area contributed by atoms with Crippen LogP contribution in [-0.2, 0) is 5.41 Å². The molecule has 0 atom stereocenters. The number of rotatable bonds is 6. The van der Waals surface area contributed by atoms with Gasteiger partial charge in [-0.1, -0.05) is 26.0 Å². The molecule has 0 bridgehead atoms. The number of aromatic carboxylic acids is 1. The van der Waals surface area contributed by atoms with Gasteiger partial charge in [0.15, 0.2) is 11.6 Å². The van der Waals surface area contributed by atoms with Gasteiger partial charge in [0.2, 0.25) is 0 Å². The van der Waals surface area contributed by atoms with E-state index in [-0.39, 0.29) is 23.3 Å². The molecule has 0 saturated heterocycles. The maximum Gasteiger partial charge on any atom is 0.339 e. The Hall–Kier alpha value is -4.38. The number of aromatic nitrogens is 1. The molecule has 0 aliphatic heterocycles. The number of benzene rings is 3. The molecule has 0 aliphatic rings. The number of fused-ring (bicyclic) bond motifs is 1. The van der Waals surface area contributed by atoms with Crippen molar-refractivity contribution in [2.75, 3.05) is 7.11 Å². The van der Waals surface area contributed by atoms with E-state index in [1.54, 1.807) is 10.6 Å². The predicted molar refractivity (Wildman–Crippen MR) is 127 cm³/mol. The quantitative estimate of drug-likeness (QED) is 0.347. The normalized spacial score (nSPS) is 11.4. The van der Waals surface area contributed by atoms with Crippen molar-refractivity contribution in [1.82, 2.24) is 4.57 Å². The number of ether oxygens (including phenoxy) is 1. The lowest BCUT2D eigenvalue weighted by atomic mass is 9.81. The number of phenols is 1. The number of nitrogens with zero attached hydrogens (tertiary/aromatic N) is 2. The number of methoxy groups -OCH3 is 1. The lowest BCUT2D eigenvalue weighted by molar-refractivity contribution is 0.0694. The molecule has 0 unspecified atom stereocenters. The van der Waals surface area contributed by atoms with Gasteiger partial charge in [-0.05, 0) is 36.4 Å². The van der Waals surface area contributed by atoms with Gasteiger partial charge in [-0.3, -0.25) is 0 Å². The number of carboxylic acids is 1. The molecule has 0 spiro atoms. The number of carboxylic acid groups (broad SMARTS) is 1. The van der Waals surface area contributed by atoms with E-state index >= 15 is 0 Å². The SMILES string of the molecule is COc1cc(-n2c(C(C)(C)CC#N)c(-c3cccc(C(=O)O)c3O)c3ccc(F)cc32)ccc1F. The van der Waals surface area contributed by atoms with Crippen molar-refractivity contribution in [3.05, 3.63) is 77.5 Å². The highest BCUT2D eigenvalue weighted by atomic mass is 19.1. The van der Waals surface area contributed by atoms with Crippen LogP contribution in [0.25, 0.3) is 27.7 Å². The summed E-state index contributed by atoms with van der Waals surface area (Å²) in [6.45, 7) is 3.64. The minimum Gasteiger partial charge on any atom is -0.506 e. The fourth-order valence-electron chi connectivity index (χ4n) is 4.43. The second-order valence-corrected chi connectivity index (χ2v) is 8.77. The van der Waals surface area contributed by atoms with Crippen LogP contribution in [-0.4, -0.2) is 27.9 Å². The number of halogens is 2. The van der Waals surface area contributed by atoms with Crippen molar-refractivity contribution in [2.24, 2.45) is 0 Å². The Morgan fingerprint density at radius 1 is 1.14 bits per heavy atom. The van der Waals surface area contributed by atoms with Crippen LogP contribution in [0.4, 0.5) is 8.78 Å². The highest BCUT2D eigenvalue weighted by Crippen LogP contribution is 2.47. The van der Waals surface area contributed by atoms with Gasteiger partial charge in [0.25, 0.3) is 0 Å². The number of carbonyl (C=O) groups is 1. The Morgan fingerprint density at radius 2 is 1.89 bits per heavy atom. The molecule has 1 aromatic heterocycles.